The number of rotatable bonds is 5. The summed E-state index contributed by atoms with van der Waals surface area (Å²) in [7, 11) is 0. The third-order valence-electron chi connectivity index (χ3n) is 3.94. The van der Waals surface area contributed by atoms with Crippen molar-refractivity contribution >= 4 is 5.91 Å². The molecule has 1 heterocycles. The molecule has 1 fully saturated rings. The third kappa shape index (κ3) is 4.28. The molecule has 0 bridgehead atoms. The highest BCUT2D eigenvalue weighted by Gasteiger charge is 2.64. The Morgan fingerprint density at radius 3 is 1.95 bits per heavy atom. The first kappa shape index (κ1) is 18.1. The zero-order valence-electron chi connectivity index (χ0n) is 12.2. The Labute approximate surface area is 121 Å². The second-order valence-corrected chi connectivity index (χ2v) is 5.29. The molecule has 0 aromatic heterocycles. The highest BCUT2D eigenvalue weighted by Crippen LogP contribution is 2.37. The molecular weight excluding hydrogens is 295 g/mol. The molecule has 124 valence electrons. The van der Waals surface area contributed by atoms with Crippen LogP contribution in [-0.2, 0) is 4.79 Å². The number of piperidine rings is 1. The highest BCUT2D eigenvalue weighted by molar-refractivity contribution is 5.84. The van der Waals surface area contributed by atoms with Gasteiger partial charge in [-0.3, -0.25) is 4.79 Å². The SMILES string of the molecule is CCN(CC)CC1CCN(C(=O)C(F)(F)C(F)(F)F)CC1. The first-order chi connectivity index (χ1) is 9.63. The number of hydrogen-bond acceptors (Lipinski definition) is 2. The van der Waals surface area contributed by atoms with Gasteiger partial charge in [-0.2, -0.15) is 22.0 Å². The maximum absolute atomic E-state index is 13.0. The van der Waals surface area contributed by atoms with Gasteiger partial charge in [0.15, 0.2) is 0 Å². The Morgan fingerprint density at radius 2 is 1.57 bits per heavy atom. The molecule has 0 N–H and O–H groups in total. The van der Waals surface area contributed by atoms with Crippen LogP contribution in [0.2, 0.25) is 0 Å². The minimum Gasteiger partial charge on any atom is -0.337 e. The van der Waals surface area contributed by atoms with E-state index in [4.69, 9.17) is 0 Å². The summed E-state index contributed by atoms with van der Waals surface area (Å²) in [4.78, 5) is 14.2. The molecule has 1 saturated heterocycles. The predicted molar refractivity (Wildman–Crippen MR) is 68.1 cm³/mol. The summed E-state index contributed by atoms with van der Waals surface area (Å²) in [6, 6.07) is 0. The van der Waals surface area contributed by atoms with E-state index in [1.165, 1.54) is 0 Å². The monoisotopic (exact) mass is 316 g/mol. The third-order valence-corrected chi connectivity index (χ3v) is 3.94. The standard InChI is InChI=1S/C13H21F5N2O/c1-3-19(4-2)9-10-5-7-20(8-6-10)11(21)12(14,15)13(16,17)18/h10H,3-9H2,1-2H3. The van der Waals surface area contributed by atoms with Gasteiger partial charge < -0.3 is 9.80 Å². The maximum Gasteiger partial charge on any atom is 0.463 e. The summed E-state index contributed by atoms with van der Waals surface area (Å²) in [6.07, 6.45) is -4.92. The molecule has 8 heteroatoms. The van der Waals surface area contributed by atoms with Gasteiger partial charge in [-0.1, -0.05) is 13.8 Å². The van der Waals surface area contributed by atoms with Gasteiger partial charge in [0.25, 0.3) is 0 Å². The van der Waals surface area contributed by atoms with Crippen molar-refractivity contribution in [1.29, 1.82) is 0 Å². The normalized spacial score (nSPS) is 18.4. The fourth-order valence-electron chi connectivity index (χ4n) is 2.49. The number of hydrogen-bond donors (Lipinski definition) is 0. The number of likely N-dealkylation sites (tertiary alicyclic amines) is 1. The van der Waals surface area contributed by atoms with Crippen molar-refractivity contribution in [2.24, 2.45) is 5.92 Å². The predicted octanol–water partition coefficient (Wildman–Crippen LogP) is 2.76. The average molecular weight is 316 g/mol. The van der Waals surface area contributed by atoms with Gasteiger partial charge in [-0.05, 0) is 31.8 Å². The van der Waals surface area contributed by atoms with E-state index >= 15 is 0 Å². The average Bonchev–Trinajstić information content (AvgIpc) is 2.43. The van der Waals surface area contributed by atoms with Gasteiger partial charge in [0.2, 0.25) is 0 Å². The van der Waals surface area contributed by atoms with Gasteiger partial charge in [0.05, 0.1) is 0 Å². The maximum atomic E-state index is 13.0. The van der Waals surface area contributed by atoms with Gasteiger partial charge in [0, 0.05) is 19.6 Å². The van der Waals surface area contributed by atoms with Gasteiger partial charge >= 0.3 is 18.0 Å². The molecule has 0 atom stereocenters. The molecule has 0 spiro atoms. The molecule has 1 amide bonds. The van der Waals surface area contributed by atoms with Crippen molar-refractivity contribution < 1.29 is 26.7 Å². The van der Waals surface area contributed by atoms with Crippen molar-refractivity contribution in [3.8, 4) is 0 Å². The summed E-state index contributed by atoms with van der Waals surface area (Å²) in [6.45, 7) is 6.43. The second kappa shape index (κ2) is 6.89. The zero-order valence-corrected chi connectivity index (χ0v) is 12.2. The molecule has 0 radical (unpaired) electrons. The quantitative estimate of drug-likeness (QED) is 0.728. The van der Waals surface area contributed by atoms with E-state index in [0.717, 1.165) is 19.6 Å². The van der Waals surface area contributed by atoms with Crippen LogP contribution in [0.4, 0.5) is 22.0 Å². The van der Waals surface area contributed by atoms with E-state index in [1.807, 2.05) is 13.8 Å². The van der Waals surface area contributed by atoms with E-state index in [9.17, 15) is 26.7 Å². The lowest BCUT2D eigenvalue weighted by Gasteiger charge is -2.36. The van der Waals surface area contributed by atoms with Gasteiger partial charge in [-0.15, -0.1) is 0 Å². The smallest absolute Gasteiger partial charge is 0.337 e. The lowest BCUT2D eigenvalue weighted by Crippen LogP contribution is -2.54. The first-order valence-corrected chi connectivity index (χ1v) is 7.09. The molecule has 21 heavy (non-hydrogen) atoms. The van der Waals surface area contributed by atoms with Crippen LogP contribution in [0.25, 0.3) is 0 Å². The zero-order chi connectivity index (χ0) is 16.3. The van der Waals surface area contributed by atoms with Crippen LogP contribution in [-0.4, -0.2) is 60.5 Å². The Morgan fingerprint density at radius 1 is 1.10 bits per heavy atom. The van der Waals surface area contributed by atoms with Crippen LogP contribution in [0.5, 0.6) is 0 Å². The van der Waals surface area contributed by atoms with Crippen LogP contribution < -0.4 is 0 Å². The fraction of sp³-hybridized carbons (Fsp3) is 0.923. The summed E-state index contributed by atoms with van der Waals surface area (Å²) < 4.78 is 62.5. The van der Waals surface area contributed by atoms with Crippen LogP contribution >= 0.6 is 0 Å². The molecule has 1 rings (SSSR count). The first-order valence-electron chi connectivity index (χ1n) is 7.09. The number of carbonyl (C=O) groups excluding carboxylic acids is 1. The van der Waals surface area contributed by atoms with Gasteiger partial charge in [-0.25, -0.2) is 0 Å². The van der Waals surface area contributed by atoms with E-state index in [2.05, 4.69) is 4.90 Å². The molecule has 0 aromatic rings. The number of alkyl halides is 5. The lowest BCUT2D eigenvalue weighted by molar-refractivity contribution is -0.274. The molecule has 3 nitrogen and oxygen atoms in total. The van der Waals surface area contributed by atoms with Crippen molar-refractivity contribution in [3.05, 3.63) is 0 Å². The minimum absolute atomic E-state index is 0.0452. The second-order valence-electron chi connectivity index (χ2n) is 5.29. The lowest BCUT2D eigenvalue weighted by atomic mass is 9.95. The summed E-state index contributed by atoms with van der Waals surface area (Å²) in [5.41, 5.74) is 0. The molecule has 1 aliphatic rings. The molecular formula is C13H21F5N2O. The Bertz CT molecular complexity index is 347. The Hall–Kier alpha value is -0.920. The van der Waals surface area contributed by atoms with Crippen molar-refractivity contribution in [3.63, 3.8) is 0 Å². The number of halogens is 5. The molecule has 0 aliphatic carbocycles. The molecule has 0 aromatic carbocycles. The fourth-order valence-corrected chi connectivity index (χ4v) is 2.49. The van der Waals surface area contributed by atoms with Crippen LogP contribution in [0.1, 0.15) is 26.7 Å². The topological polar surface area (TPSA) is 23.6 Å². The van der Waals surface area contributed by atoms with E-state index < -0.39 is 18.0 Å². The summed E-state index contributed by atoms with van der Waals surface area (Å²) >= 11 is 0. The van der Waals surface area contributed by atoms with Crippen molar-refractivity contribution in [2.45, 2.75) is 38.8 Å². The Kier molecular flexibility index (Phi) is 5.95. The minimum atomic E-state index is -5.83. The van der Waals surface area contributed by atoms with E-state index in [-0.39, 0.29) is 19.0 Å². The Balaban J connectivity index is 2.55. The molecule has 0 saturated carbocycles. The largest absolute Gasteiger partial charge is 0.463 e. The number of nitrogens with zero attached hydrogens (tertiary/aromatic N) is 2. The molecule has 0 unspecified atom stereocenters. The summed E-state index contributed by atoms with van der Waals surface area (Å²) in [5, 5.41) is 0. The van der Waals surface area contributed by atoms with Crippen molar-refractivity contribution in [1.82, 2.24) is 9.80 Å². The molecule has 1 aliphatic heterocycles. The number of carbonyl (C=O) groups is 1. The van der Waals surface area contributed by atoms with Crippen molar-refractivity contribution in [2.75, 3.05) is 32.7 Å². The van der Waals surface area contributed by atoms with Crippen LogP contribution in [0.3, 0.4) is 0 Å². The van der Waals surface area contributed by atoms with Crippen LogP contribution in [0, 0.1) is 5.92 Å². The van der Waals surface area contributed by atoms with Gasteiger partial charge in [0.1, 0.15) is 0 Å². The van der Waals surface area contributed by atoms with E-state index in [1.54, 1.807) is 0 Å². The highest BCUT2D eigenvalue weighted by atomic mass is 19.4. The van der Waals surface area contributed by atoms with Crippen LogP contribution in [0.15, 0.2) is 0 Å². The summed E-state index contributed by atoms with van der Waals surface area (Å²) in [5.74, 6) is -7.19. The van der Waals surface area contributed by atoms with E-state index in [0.29, 0.717) is 17.7 Å². The number of amides is 1.